The average Bonchev–Trinajstić information content (AvgIpc) is 3.13. The quantitative estimate of drug-likeness (QED) is 0.898. The molecule has 2 atom stereocenters. The molecular weight excluding hydrogens is 285 g/mol. The second-order valence-corrected chi connectivity index (χ2v) is 5.19. The van der Waals surface area contributed by atoms with E-state index in [0.717, 1.165) is 6.42 Å². The highest BCUT2D eigenvalue weighted by molar-refractivity contribution is 5.98. The van der Waals surface area contributed by atoms with Crippen molar-refractivity contribution in [2.45, 2.75) is 19.5 Å². The first-order valence-corrected chi connectivity index (χ1v) is 6.52. The van der Waals surface area contributed by atoms with Crippen molar-refractivity contribution in [1.29, 1.82) is 0 Å². The van der Waals surface area contributed by atoms with Gasteiger partial charge < -0.3 is 10.6 Å². The third-order valence-corrected chi connectivity index (χ3v) is 3.29. The number of rotatable bonds is 4. The van der Waals surface area contributed by atoms with Crippen molar-refractivity contribution in [3.05, 3.63) is 29.8 Å². The number of anilines is 1. The molecule has 0 aromatic heterocycles. The Labute approximate surface area is 119 Å². The molecule has 2 amide bonds. The van der Waals surface area contributed by atoms with E-state index in [4.69, 9.17) is 0 Å². The summed E-state index contributed by atoms with van der Waals surface area (Å²) in [6, 6.07) is 5.84. The Balaban J connectivity index is 1.97. The first-order valence-electron chi connectivity index (χ1n) is 6.52. The molecule has 0 heterocycles. The normalized spacial score (nSPS) is 20.8. The monoisotopic (exact) mass is 300 g/mol. The zero-order valence-electron chi connectivity index (χ0n) is 11.3. The zero-order chi connectivity index (χ0) is 15.6. The Morgan fingerprint density at radius 2 is 2.00 bits per heavy atom. The molecule has 0 spiro atoms. The average molecular weight is 300 g/mol. The maximum absolute atomic E-state index is 12.0. The molecule has 1 fully saturated rings. The first kappa shape index (κ1) is 15.3. The molecule has 2 rings (SSSR count). The molecule has 1 aliphatic rings. The lowest BCUT2D eigenvalue weighted by molar-refractivity contribution is -0.123. The summed E-state index contributed by atoms with van der Waals surface area (Å²) in [6.45, 7) is 0.577. The van der Waals surface area contributed by atoms with Crippen molar-refractivity contribution in [2.24, 2.45) is 11.8 Å². The summed E-state index contributed by atoms with van der Waals surface area (Å²) < 4.78 is 36.1. The summed E-state index contributed by atoms with van der Waals surface area (Å²) in [7, 11) is 0. The van der Waals surface area contributed by atoms with E-state index < -0.39 is 18.6 Å². The summed E-state index contributed by atoms with van der Waals surface area (Å²) in [5.74, 6) is -0.630. The third kappa shape index (κ3) is 4.47. The highest BCUT2D eigenvalue weighted by Gasteiger charge is 2.39. The van der Waals surface area contributed by atoms with Crippen molar-refractivity contribution < 1.29 is 22.8 Å². The fourth-order valence-corrected chi connectivity index (χ4v) is 1.94. The van der Waals surface area contributed by atoms with Gasteiger partial charge in [0.25, 0.3) is 5.91 Å². The molecule has 0 aliphatic heterocycles. The second kappa shape index (κ2) is 5.75. The van der Waals surface area contributed by atoms with Crippen molar-refractivity contribution >= 4 is 17.5 Å². The van der Waals surface area contributed by atoms with Gasteiger partial charge in [-0.2, -0.15) is 13.2 Å². The van der Waals surface area contributed by atoms with E-state index in [0.29, 0.717) is 11.6 Å². The van der Waals surface area contributed by atoms with Crippen molar-refractivity contribution in [3.63, 3.8) is 0 Å². The van der Waals surface area contributed by atoms with Crippen LogP contribution < -0.4 is 10.6 Å². The largest absolute Gasteiger partial charge is 0.405 e. The zero-order valence-corrected chi connectivity index (χ0v) is 11.3. The second-order valence-electron chi connectivity index (χ2n) is 5.19. The van der Waals surface area contributed by atoms with Gasteiger partial charge in [0.05, 0.1) is 0 Å². The van der Waals surface area contributed by atoms with E-state index in [9.17, 15) is 22.8 Å². The Hall–Kier alpha value is -2.05. The van der Waals surface area contributed by atoms with Crippen LogP contribution in [0.4, 0.5) is 18.9 Å². The fraction of sp³-hybridized carbons (Fsp3) is 0.429. The van der Waals surface area contributed by atoms with Gasteiger partial charge in [0.1, 0.15) is 6.54 Å². The van der Waals surface area contributed by atoms with Crippen LogP contribution >= 0.6 is 0 Å². The van der Waals surface area contributed by atoms with Crippen LogP contribution in [0.2, 0.25) is 0 Å². The van der Waals surface area contributed by atoms with E-state index in [-0.39, 0.29) is 17.4 Å². The maximum atomic E-state index is 12.0. The van der Waals surface area contributed by atoms with Gasteiger partial charge in [0.15, 0.2) is 0 Å². The topological polar surface area (TPSA) is 58.2 Å². The predicted octanol–water partition coefficient (Wildman–Crippen LogP) is 2.57. The molecule has 0 radical (unpaired) electrons. The minimum Gasteiger partial charge on any atom is -0.343 e. The molecule has 21 heavy (non-hydrogen) atoms. The number of hydrogen-bond acceptors (Lipinski definition) is 2. The number of hydrogen-bond donors (Lipinski definition) is 2. The lowest BCUT2D eigenvalue weighted by Crippen LogP contribution is -2.33. The number of nitrogens with one attached hydrogen (secondary N) is 2. The van der Waals surface area contributed by atoms with E-state index >= 15 is 0 Å². The molecule has 2 N–H and O–H groups in total. The van der Waals surface area contributed by atoms with Gasteiger partial charge in [-0.25, -0.2) is 0 Å². The summed E-state index contributed by atoms with van der Waals surface area (Å²) in [5.41, 5.74) is 0.472. The molecule has 4 nitrogen and oxygen atoms in total. The minimum atomic E-state index is -4.45. The lowest BCUT2D eigenvalue weighted by atomic mass is 10.2. The summed E-state index contributed by atoms with van der Waals surface area (Å²) in [4.78, 5) is 23.4. The van der Waals surface area contributed by atoms with Gasteiger partial charge in [0.2, 0.25) is 5.91 Å². The standard InChI is InChI=1S/C14H15F3N2O2/c1-8-5-11(8)13(21)19-10-4-2-3-9(6-10)12(20)18-7-14(15,16)17/h2-4,6,8,11H,5,7H2,1H3,(H,18,20)(H,19,21). The number of carbonyl (C=O) groups is 2. The van der Waals surface area contributed by atoms with Crippen LogP contribution in [0, 0.1) is 11.8 Å². The van der Waals surface area contributed by atoms with Gasteiger partial charge in [-0.3, -0.25) is 9.59 Å². The lowest BCUT2D eigenvalue weighted by Gasteiger charge is -2.10. The van der Waals surface area contributed by atoms with E-state index in [2.05, 4.69) is 5.32 Å². The molecule has 7 heteroatoms. The number of halogens is 3. The van der Waals surface area contributed by atoms with Gasteiger partial charge in [-0.1, -0.05) is 13.0 Å². The van der Waals surface area contributed by atoms with Crippen LogP contribution in [-0.4, -0.2) is 24.5 Å². The summed E-state index contributed by atoms with van der Waals surface area (Å²) >= 11 is 0. The summed E-state index contributed by atoms with van der Waals surface area (Å²) in [6.07, 6.45) is -3.62. The Morgan fingerprint density at radius 3 is 2.57 bits per heavy atom. The van der Waals surface area contributed by atoms with Crippen LogP contribution in [-0.2, 0) is 4.79 Å². The van der Waals surface area contributed by atoms with Gasteiger partial charge >= 0.3 is 6.18 Å². The van der Waals surface area contributed by atoms with Crippen LogP contribution in [0.15, 0.2) is 24.3 Å². The molecule has 1 aliphatic carbocycles. The number of benzene rings is 1. The molecule has 0 bridgehead atoms. The van der Waals surface area contributed by atoms with Gasteiger partial charge in [0, 0.05) is 17.2 Å². The third-order valence-electron chi connectivity index (χ3n) is 3.29. The molecule has 0 saturated heterocycles. The molecule has 1 aromatic rings. The van der Waals surface area contributed by atoms with E-state index in [1.165, 1.54) is 18.2 Å². The van der Waals surface area contributed by atoms with Crippen LogP contribution in [0.1, 0.15) is 23.7 Å². The first-order chi connectivity index (χ1) is 9.76. The van der Waals surface area contributed by atoms with Gasteiger partial charge in [-0.15, -0.1) is 0 Å². The van der Waals surface area contributed by atoms with Crippen molar-refractivity contribution in [1.82, 2.24) is 5.32 Å². The minimum absolute atomic E-state index is 0.0206. The van der Waals surface area contributed by atoms with E-state index in [1.807, 2.05) is 6.92 Å². The Kier molecular flexibility index (Phi) is 4.20. The van der Waals surface area contributed by atoms with Gasteiger partial charge in [-0.05, 0) is 30.5 Å². The maximum Gasteiger partial charge on any atom is 0.405 e. The molecule has 2 unspecified atom stereocenters. The highest BCUT2D eigenvalue weighted by atomic mass is 19.4. The highest BCUT2D eigenvalue weighted by Crippen LogP contribution is 2.38. The van der Waals surface area contributed by atoms with Crippen LogP contribution in [0.3, 0.4) is 0 Å². The Bertz CT molecular complexity index is 557. The molecule has 114 valence electrons. The smallest absolute Gasteiger partial charge is 0.343 e. The van der Waals surface area contributed by atoms with E-state index in [1.54, 1.807) is 11.4 Å². The number of carbonyl (C=O) groups excluding carboxylic acids is 2. The van der Waals surface area contributed by atoms with Crippen molar-refractivity contribution in [2.75, 3.05) is 11.9 Å². The van der Waals surface area contributed by atoms with Crippen LogP contribution in [0.25, 0.3) is 0 Å². The van der Waals surface area contributed by atoms with Crippen LogP contribution in [0.5, 0.6) is 0 Å². The molecule has 1 aromatic carbocycles. The summed E-state index contributed by atoms with van der Waals surface area (Å²) in [5, 5.41) is 4.45. The Morgan fingerprint density at radius 1 is 1.33 bits per heavy atom. The fourth-order valence-electron chi connectivity index (χ4n) is 1.94. The van der Waals surface area contributed by atoms with Crippen molar-refractivity contribution in [3.8, 4) is 0 Å². The molecule has 1 saturated carbocycles. The predicted molar refractivity (Wildman–Crippen MR) is 70.7 cm³/mol. The molecular formula is C14H15F3N2O2. The SMILES string of the molecule is CC1CC1C(=O)Nc1cccc(C(=O)NCC(F)(F)F)c1. The number of amides is 2. The number of alkyl halides is 3.